The lowest BCUT2D eigenvalue weighted by Crippen LogP contribution is -2.35. The molecule has 0 fully saturated rings. The Kier molecular flexibility index (Phi) is 5.05. The highest BCUT2D eigenvalue weighted by atomic mass is 16.5. The molecule has 3 aromatic heterocycles. The van der Waals surface area contributed by atoms with Gasteiger partial charge in [-0.05, 0) is 42.8 Å². The largest absolute Gasteiger partial charge is 0.497 e. The summed E-state index contributed by atoms with van der Waals surface area (Å²) in [7, 11) is 1.59. The Morgan fingerprint density at radius 1 is 1.20 bits per heavy atom. The average molecular weight is 403 g/mol. The van der Waals surface area contributed by atoms with Crippen LogP contribution in [0.4, 0.5) is 0 Å². The fourth-order valence-electron chi connectivity index (χ4n) is 3.38. The van der Waals surface area contributed by atoms with Gasteiger partial charge >= 0.3 is 0 Å². The molecule has 0 atom stereocenters. The molecule has 0 spiro atoms. The van der Waals surface area contributed by atoms with E-state index >= 15 is 0 Å². The van der Waals surface area contributed by atoms with Gasteiger partial charge in [0.1, 0.15) is 22.5 Å². The van der Waals surface area contributed by atoms with Crippen LogP contribution in [0.5, 0.6) is 5.75 Å². The molecule has 1 amide bonds. The van der Waals surface area contributed by atoms with Gasteiger partial charge in [0.05, 0.1) is 24.6 Å². The van der Waals surface area contributed by atoms with E-state index in [4.69, 9.17) is 10.1 Å². The lowest BCUT2D eigenvalue weighted by Gasteiger charge is -2.15. The van der Waals surface area contributed by atoms with E-state index < -0.39 is 5.91 Å². The summed E-state index contributed by atoms with van der Waals surface area (Å²) in [6, 6.07) is 14.2. The molecule has 4 rings (SSSR count). The molecule has 0 saturated carbocycles. The van der Waals surface area contributed by atoms with Crippen molar-refractivity contribution in [3.05, 3.63) is 81.7 Å². The fourth-order valence-corrected chi connectivity index (χ4v) is 3.38. The van der Waals surface area contributed by atoms with Crippen LogP contribution in [-0.4, -0.2) is 33.5 Å². The zero-order valence-electron chi connectivity index (χ0n) is 16.7. The molecule has 4 aromatic rings. The maximum Gasteiger partial charge on any atom is 0.267 e. The second-order valence-electron chi connectivity index (χ2n) is 6.78. The summed E-state index contributed by atoms with van der Waals surface area (Å²) >= 11 is 0. The van der Waals surface area contributed by atoms with E-state index in [-0.39, 0.29) is 28.5 Å². The second kappa shape index (κ2) is 7.82. The van der Waals surface area contributed by atoms with Crippen LogP contribution in [0.1, 0.15) is 22.8 Å². The zero-order chi connectivity index (χ0) is 21.3. The quantitative estimate of drug-likeness (QED) is 0.497. The van der Waals surface area contributed by atoms with Gasteiger partial charge in [0.25, 0.3) is 11.5 Å². The molecular formula is C22H21N5O3. The van der Waals surface area contributed by atoms with Crippen molar-refractivity contribution in [1.29, 1.82) is 5.41 Å². The van der Waals surface area contributed by atoms with Crippen LogP contribution < -0.4 is 21.1 Å². The standard InChI is InChI=1S/C22H21N5O3/c1-3-24-21(28)16-12-17-20(25-18-6-4-5-11-26(18)22(17)29)27(19(16)23)13-14-7-9-15(30-2)10-8-14/h4-12,23H,3,13H2,1-2H3,(H,24,28). The molecule has 8 heteroatoms. The molecule has 0 aliphatic carbocycles. The van der Waals surface area contributed by atoms with Crippen LogP contribution in [0, 0.1) is 5.41 Å². The highest BCUT2D eigenvalue weighted by molar-refractivity contribution is 5.96. The average Bonchev–Trinajstić information content (AvgIpc) is 2.76. The number of hydrogen-bond donors (Lipinski definition) is 2. The lowest BCUT2D eigenvalue weighted by molar-refractivity contribution is 0.0953. The summed E-state index contributed by atoms with van der Waals surface area (Å²) in [6.07, 6.45) is 1.64. The van der Waals surface area contributed by atoms with Crippen molar-refractivity contribution in [3.8, 4) is 5.75 Å². The fraction of sp³-hybridized carbons (Fsp3) is 0.182. The maximum absolute atomic E-state index is 13.1. The first-order valence-corrected chi connectivity index (χ1v) is 9.54. The topological polar surface area (TPSA) is 101 Å². The van der Waals surface area contributed by atoms with Crippen LogP contribution >= 0.6 is 0 Å². The van der Waals surface area contributed by atoms with Crippen LogP contribution in [-0.2, 0) is 6.54 Å². The van der Waals surface area contributed by atoms with Crippen molar-refractivity contribution in [2.45, 2.75) is 13.5 Å². The summed E-state index contributed by atoms with van der Waals surface area (Å²) in [6.45, 7) is 2.50. The molecule has 0 aliphatic rings. The molecule has 30 heavy (non-hydrogen) atoms. The molecule has 0 saturated heterocycles. The number of nitrogens with zero attached hydrogens (tertiary/aromatic N) is 3. The normalized spacial score (nSPS) is 11.0. The summed E-state index contributed by atoms with van der Waals surface area (Å²) in [5, 5.41) is 11.7. The maximum atomic E-state index is 13.1. The number of pyridine rings is 2. The van der Waals surface area contributed by atoms with Crippen molar-refractivity contribution in [1.82, 2.24) is 19.3 Å². The van der Waals surface area contributed by atoms with Crippen molar-refractivity contribution in [2.24, 2.45) is 0 Å². The van der Waals surface area contributed by atoms with Gasteiger partial charge in [-0.1, -0.05) is 18.2 Å². The first-order valence-electron chi connectivity index (χ1n) is 9.54. The summed E-state index contributed by atoms with van der Waals surface area (Å²) in [5.74, 6) is 0.323. The van der Waals surface area contributed by atoms with Gasteiger partial charge in [0.2, 0.25) is 0 Å². The molecule has 0 radical (unpaired) electrons. The Hall–Kier alpha value is -3.94. The number of ether oxygens (including phenoxy) is 1. The van der Waals surface area contributed by atoms with E-state index in [0.29, 0.717) is 17.8 Å². The molecule has 2 N–H and O–H groups in total. The molecule has 0 aliphatic heterocycles. The monoisotopic (exact) mass is 403 g/mol. The number of benzene rings is 1. The van der Waals surface area contributed by atoms with E-state index in [1.54, 1.807) is 43.0 Å². The number of methoxy groups -OCH3 is 1. The zero-order valence-corrected chi connectivity index (χ0v) is 16.7. The van der Waals surface area contributed by atoms with Gasteiger partial charge in [-0.15, -0.1) is 0 Å². The third-order valence-corrected chi connectivity index (χ3v) is 4.90. The molecule has 8 nitrogen and oxygen atoms in total. The number of rotatable bonds is 5. The van der Waals surface area contributed by atoms with Crippen LogP contribution in [0.3, 0.4) is 0 Å². The molecule has 1 aromatic carbocycles. The highest BCUT2D eigenvalue weighted by Gasteiger charge is 2.17. The molecule has 0 bridgehead atoms. The van der Waals surface area contributed by atoms with E-state index in [1.807, 2.05) is 24.3 Å². The number of amides is 1. The first kappa shape index (κ1) is 19.4. The molecule has 3 heterocycles. The van der Waals surface area contributed by atoms with E-state index in [2.05, 4.69) is 10.3 Å². The molecule has 0 unspecified atom stereocenters. The number of aromatic nitrogens is 3. The van der Waals surface area contributed by atoms with Crippen molar-refractivity contribution in [3.63, 3.8) is 0 Å². The summed E-state index contributed by atoms with van der Waals surface area (Å²) in [4.78, 5) is 30.3. The summed E-state index contributed by atoms with van der Waals surface area (Å²) < 4.78 is 8.23. The first-order chi connectivity index (χ1) is 14.5. The highest BCUT2D eigenvalue weighted by Crippen LogP contribution is 2.15. The number of carbonyl (C=O) groups is 1. The third kappa shape index (κ3) is 3.32. The van der Waals surface area contributed by atoms with Gasteiger partial charge in [0.15, 0.2) is 0 Å². The number of hydrogen-bond acceptors (Lipinski definition) is 5. The predicted octanol–water partition coefficient (Wildman–Crippen LogP) is 1.94. The summed E-state index contributed by atoms with van der Waals surface area (Å²) in [5.41, 5.74) is 1.57. The van der Waals surface area contributed by atoms with Gasteiger partial charge in [-0.2, -0.15) is 0 Å². The Labute approximate surface area is 171 Å². The van der Waals surface area contributed by atoms with Gasteiger partial charge in [-0.3, -0.25) is 19.4 Å². The Morgan fingerprint density at radius 2 is 1.97 bits per heavy atom. The predicted molar refractivity (Wildman–Crippen MR) is 113 cm³/mol. The van der Waals surface area contributed by atoms with Crippen molar-refractivity contribution < 1.29 is 9.53 Å². The van der Waals surface area contributed by atoms with Crippen molar-refractivity contribution >= 4 is 22.6 Å². The van der Waals surface area contributed by atoms with E-state index in [9.17, 15) is 9.59 Å². The Balaban J connectivity index is 2.01. The minimum absolute atomic E-state index is 0.00329. The molecular weight excluding hydrogens is 382 g/mol. The number of carbonyl (C=O) groups excluding carboxylic acids is 1. The Morgan fingerprint density at radius 3 is 2.67 bits per heavy atom. The second-order valence-corrected chi connectivity index (χ2v) is 6.78. The minimum Gasteiger partial charge on any atom is -0.497 e. The third-order valence-electron chi connectivity index (χ3n) is 4.90. The number of fused-ring (bicyclic) bond motifs is 2. The van der Waals surface area contributed by atoms with Crippen LogP contribution in [0.15, 0.2) is 59.5 Å². The van der Waals surface area contributed by atoms with E-state index in [0.717, 1.165) is 11.3 Å². The molecule has 152 valence electrons. The van der Waals surface area contributed by atoms with Gasteiger partial charge in [-0.25, -0.2) is 4.98 Å². The van der Waals surface area contributed by atoms with Crippen molar-refractivity contribution in [2.75, 3.05) is 13.7 Å². The van der Waals surface area contributed by atoms with Crippen LogP contribution in [0.25, 0.3) is 16.7 Å². The SMILES string of the molecule is CCNC(=O)c1cc2c(=O)n3ccccc3nc2n(Cc2ccc(OC)cc2)c1=N. The van der Waals surface area contributed by atoms with Crippen LogP contribution in [0.2, 0.25) is 0 Å². The van der Waals surface area contributed by atoms with Gasteiger partial charge < -0.3 is 14.6 Å². The number of nitrogens with one attached hydrogen (secondary N) is 2. The van der Waals surface area contributed by atoms with Gasteiger partial charge in [0, 0.05) is 12.7 Å². The Bertz CT molecular complexity index is 1370. The smallest absolute Gasteiger partial charge is 0.267 e. The van der Waals surface area contributed by atoms with E-state index in [1.165, 1.54) is 10.5 Å². The lowest BCUT2D eigenvalue weighted by atomic mass is 10.1. The minimum atomic E-state index is -0.398.